The van der Waals surface area contributed by atoms with Crippen LogP contribution in [0.15, 0.2) is 0 Å². The van der Waals surface area contributed by atoms with E-state index in [4.69, 9.17) is 0 Å². The minimum Gasteiger partial charge on any atom is -0.355 e. The largest absolute Gasteiger partial charge is 0.355 e. The van der Waals surface area contributed by atoms with E-state index in [-0.39, 0.29) is 79.1 Å². The standard InChI is InChI=1S/C52H90N12O14S2.CH4/c1-34(2)51(77)38(7)54-40(66)24-55(8)42(68)26-57(10)44(70)28-59(12)46(72)30-61(14)48(74)32-63(16)50(76)33-64(17)49(75)31-62(15)47(73)29-60(13)45(71)27-58(11)43(69)25-56(9)41(67)20-18-19-39(65)22-21-36(5)79-80-37(6)23-53-52(78)35(3)4;/h34-38H,18-33H2,1-17H3,(H,53,78)(H,54,66);1H4/t36?,37?,38-;/m0./s1. The number of carbonyl (C=O) groups is 14. The molecule has 462 valence electrons. The number of Topliss-reactive ketones (excluding diaryl/α,β-unsaturated/α-hetero) is 2. The van der Waals surface area contributed by atoms with Crippen LogP contribution < -0.4 is 10.6 Å². The predicted molar refractivity (Wildman–Crippen MR) is 311 cm³/mol. The zero-order valence-corrected chi connectivity index (χ0v) is 51.8. The van der Waals surface area contributed by atoms with Crippen molar-refractivity contribution in [2.24, 2.45) is 11.8 Å². The van der Waals surface area contributed by atoms with Crippen LogP contribution in [-0.4, -0.2) is 290 Å². The Hall–Kier alpha value is -6.32. The van der Waals surface area contributed by atoms with Crippen LogP contribution in [-0.2, 0) is 67.1 Å². The van der Waals surface area contributed by atoms with Crippen LogP contribution in [0.5, 0.6) is 0 Å². The summed E-state index contributed by atoms with van der Waals surface area (Å²) < 4.78 is 0. The normalized spacial score (nSPS) is 11.8. The van der Waals surface area contributed by atoms with Crippen LogP contribution in [0.1, 0.15) is 88.0 Å². The molecule has 26 nitrogen and oxygen atoms in total. The molecular weight excluding hydrogens is 1090 g/mol. The number of amides is 12. The van der Waals surface area contributed by atoms with Crippen LogP contribution in [0.25, 0.3) is 0 Å². The molecule has 0 aromatic heterocycles. The molecule has 0 fully saturated rings. The van der Waals surface area contributed by atoms with Crippen molar-refractivity contribution >= 4 is 104 Å². The molecule has 0 radical (unpaired) electrons. The van der Waals surface area contributed by atoms with Gasteiger partial charge in [-0.3, -0.25) is 67.1 Å². The zero-order valence-electron chi connectivity index (χ0n) is 50.2. The Kier molecular flexibility index (Phi) is 36.4. The number of hydrogen-bond acceptors (Lipinski definition) is 16. The molecule has 3 atom stereocenters. The van der Waals surface area contributed by atoms with E-state index in [0.29, 0.717) is 25.8 Å². The minimum atomic E-state index is -0.739. The van der Waals surface area contributed by atoms with Gasteiger partial charge in [-0.25, -0.2) is 0 Å². The van der Waals surface area contributed by atoms with E-state index in [9.17, 15) is 67.1 Å². The van der Waals surface area contributed by atoms with Crippen LogP contribution in [0, 0.1) is 11.8 Å². The van der Waals surface area contributed by atoms with Gasteiger partial charge in [0.1, 0.15) is 5.78 Å². The summed E-state index contributed by atoms with van der Waals surface area (Å²) in [6.45, 7) is 9.01. The number of ketones is 2. The van der Waals surface area contributed by atoms with Crippen molar-refractivity contribution in [1.82, 2.24) is 59.6 Å². The molecule has 0 spiro atoms. The molecule has 0 aromatic carbocycles. The van der Waals surface area contributed by atoms with Crippen molar-refractivity contribution in [2.75, 3.05) is 142 Å². The average Bonchev–Trinajstić information content (AvgIpc) is 3.37. The smallest absolute Gasteiger partial charge is 0.242 e. The summed E-state index contributed by atoms with van der Waals surface area (Å²) in [5.41, 5.74) is 0. The number of carbonyl (C=O) groups excluding carboxylic acids is 14. The lowest BCUT2D eigenvalue weighted by Gasteiger charge is -2.27. The second-order valence-electron chi connectivity index (χ2n) is 21.0. The molecule has 0 aliphatic heterocycles. The summed E-state index contributed by atoms with van der Waals surface area (Å²) in [4.78, 5) is 189. The third-order valence-corrected chi connectivity index (χ3v) is 16.0. The summed E-state index contributed by atoms with van der Waals surface area (Å²) in [6.07, 6.45) is 1.66. The maximum absolute atomic E-state index is 13.0. The number of likely N-dealkylation sites (N-methyl/N-ethyl adjacent to an activating group) is 10. The van der Waals surface area contributed by atoms with E-state index >= 15 is 0 Å². The second kappa shape index (κ2) is 38.4. The molecule has 0 saturated carbocycles. The Bertz CT molecular complexity index is 2200. The van der Waals surface area contributed by atoms with Crippen molar-refractivity contribution in [3.8, 4) is 0 Å². The Morgan fingerprint density at radius 2 is 0.642 bits per heavy atom. The second-order valence-corrected chi connectivity index (χ2v) is 24.1. The molecule has 0 rings (SSSR count). The molecule has 0 aliphatic carbocycles. The first-order valence-corrected chi connectivity index (χ1v) is 28.6. The van der Waals surface area contributed by atoms with Gasteiger partial charge in [0, 0.05) is 119 Å². The third-order valence-electron chi connectivity index (χ3n) is 12.5. The highest BCUT2D eigenvalue weighted by Gasteiger charge is 2.27. The van der Waals surface area contributed by atoms with Gasteiger partial charge in [-0.05, 0) is 19.8 Å². The van der Waals surface area contributed by atoms with Gasteiger partial charge >= 0.3 is 0 Å². The predicted octanol–water partition coefficient (Wildman–Crippen LogP) is -0.614. The van der Waals surface area contributed by atoms with Crippen molar-refractivity contribution in [3.63, 3.8) is 0 Å². The fourth-order valence-electron chi connectivity index (χ4n) is 6.70. The van der Waals surface area contributed by atoms with E-state index in [2.05, 4.69) is 10.6 Å². The Morgan fingerprint density at radius 3 is 0.938 bits per heavy atom. The summed E-state index contributed by atoms with van der Waals surface area (Å²) in [5, 5.41) is 5.88. The van der Waals surface area contributed by atoms with Gasteiger partial charge in [-0.2, -0.15) is 0 Å². The molecule has 0 heterocycles. The number of nitrogens with one attached hydrogen (secondary N) is 2. The number of hydrogen-bond donors (Lipinski definition) is 2. The lowest BCUT2D eigenvalue weighted by atomic mass is 10.0. The Balaban J connectivity index is 0. The highest BCUT2D eigenvalue weighted by molar-refractivity contribution is 8.77. The van der Waals surface area contributed by atoms with Gasteiger partial charge in [-0.15, -0.1) is 0 Å². The summed E-state index contributed by atoms with van der Waals surface area (Å²) >= 11 is 0. The molecule has 2 N–H and O–H groups in total. The van der Waals surface area contributed by atoms with Gasteiger partial charge in [-0.1, -0.05) is 70.6 Å². The Morgan fingerprint density at radius 1 is 0.358 bits per heavy atom. The van der Waals surface area contributed by atoms with Gasteiger partial charge in [0.2, 0.25) is 70.9 Å². The van der Waals surface area contributed by atoms with Gasteiger partial charge in [0.15, 0.2) is 5.78 Å². The summed E-state index contributed by atoms with van der Waals surface area (Å²) in [7, 11) is 16.8. The van der Waals surface area contributed by atoms with E-state index in [1.165, 1.54) is 75.4 Å². The molecule has 0 saturated heterocycles. The Labute approximate surface area is 487 Å². The first-order valence-electron chi connectivity index (χ1n) is 26.3. The van der Waals surface area contributed by atoms with Crippen molar-refractivity contribution in [3.05, 3.63) is 0 Å². The van der Waals surface area contributed by atoms with E-state index in [1.807, 2.05) is 27.7 Å². The first-order chi connectivity index (χ1) is 37.0. The molecule has 0 bridgehead atoms. The molecule has 0 aliphatic rings. The summed E-state index contributed by atoms with van der Waals surface area (Å²) in [5.74, 6) is -6.85. The highest BCUT2D eigenvalue weighted by atomic mass is 33.1. The molecule has 81 heavy (non-hydrogen) atoms. The minimum absolute atomic E-state index is 0. The monoisotopic (exact) mass is 1190 g/mol. The van der Waals surface area contributed by atoms with Crippen LogP contribution in [0.3, 0.4) is 0 Å². The average molecular weight is 1190 g/mol. The highest BCUT2D eigenvalue weighted by Crippen LogP contribution is 2.33. The van der Waals surface area contributed by atoms with Crippen LogP contribution >= 0.6 is 21.6 Å². The molecular formula is C53H94N12O14S2. The van der Waals surface area contributed by atoms with Gasteiger partial charge in [0.05, 0.1) is 71.5 Å². The van der Waals surface area contributed by atoms with Crippen molar-refractivity contribution < 1.29 is 67.1 Å². The maximum atomic E-state index is 13.0. The van der Waals surface area contributed by atoms with E-state index < -0.39 is 117 Å². The fraction of sp³-hybridized carbons (Fsp3) is 0.736. The lowest BCUT2D eigenvalue weighted by molar-refractivity contribution is -0.146. The lowest BCUT2D eigenvalue weighted by Crippen LogP contribution is -2.49. The molecule has 0 aromatic rings. The van der Waals surface area contributed by atoms with Crippen molar-refractivity contribution in [2.45, 2.75) is 105 Å². The number of nitrogens with zero attached hydrogens (tertiary/aromatic N) is 10. The molecule has 28 heteroatoms. The SMILES string of the molecule is C.CC(CCC(=O)CCCC(=O)N(C)CC(=O)N(C)CC(=O)N(C)CC(=O)N(C)CC(=O)N(C)CC(=O)N(C)CC(=O)N(C)CC(=O)N(C)CC(=O)N(C)CC(=O)N(C)CC(=O)N[C@@H](C)C(=O)C(C)C)SSC(C)CNC(=O)C(C)C. The topological polar surface area (TPSA) is 295 Å². The molecule has 12 amide bonds. The maximum Gasteiger partial charge on any atom is 0.242 e. The fourth-order valence-corrected chi connectivity index (χ4v) is 9.08. The van der Waals surface area contributed by atoms with Gasteiger partial charge in [0.25, 0.3) is 0 Å². The third kappa shape index (κ3) is 30.9. The summed E-state index contributed by atoms with van der Waals surface area (Å²) in [6, 6.07) is -0.739. The van der Waals surface area contributed by atoms with Crippen LogP contribution in [0.4, 0.5) is 0 Å². The van der Waals surface area contributed by atoms with Gasteiger partial charge < -0.3 is 59.6 Å². The van der Waals surface area contributed by atoms with E-state index in [1.54, 1.807) is 42.4 Å². The first kappa shape index (κ1) is 76.7. The van der Waals surface area contributed by atoms with Crippen molar-refractivity contribution in [1.29, 1.82) is 0 Å². The molecule has 2 unspecified atom stereocenters. The van der Waals surface area contributed by atoms with E-state index in [0.717, 1.165) is 44.1 Å². The number of rotatable bonds is 36. The van der Waals surface area contributed by atoms with Crippen LogP contribution in [0.2, 0.25) is 0 Å². The quantitative estimate of drug-likeness (QED) is 0.0740. The zero-order chi connectivity index (χ0) is 61.9.